The number of hydrogen-bond acceptors (Lipinski definition) is 10. The van der Waals surface area contributed by atoms with Crippen LogP contribution in [0.4, 0.5) is 11.4 Å². The molecule has 0 radical (unpaired) electrons. The Bertz CT molecular complexity index is 2330. The molecule has 3 heterocycles. The number of amides is 2. The number of nitrogens with one attached hydrogen (secondary N) is 2. The lowest BCUT2D eigenvalue weighted by atomic mass is 9.79. The van der Waals surface area contributed by atoms with Gasteiger partial charge in [0.05, 0.1) is 22.9 Å². The minimum atomic E-state index is -0.718. The number of Topliss-reactive ketones (excluding diaryl/α,β-unsaturated/α-hetero) is 2. The molecule has 2 N–H and O–H groups in total. The van der Waals surface area contributed by atoms with Gasteiger partial charge >= 0.3 is 0 Å². The molecule has 2 amide bonds. The lowest BCUT2D eigenvalue weighted by Crippen LogP contribution is -2.52. The zero-order chi connectivity index (χ0) is 49.3. The summed E-state index contributed by atoms with van der Waals surface area (Å²) in [6.45, 7) is 17.8. The van der Waals surface area contributed by atoms with E-state index in [0.717, 1.165) is 97.1 Å². The highest BCUT2D eigenvalue weighted by atomic mass is 16.2. The first-order chi connectivity index (χ1) is 33.2. The smallest absolute Gasteiger partial charge is 0.230 e. The monoisotopic (exact) mass is 939 g/mol. The van der Waals surface area contributed by atoms with Gasteiger partial charge in [-0.1, -0.05) is 69.3 Å². The van der Waals surface area contributed by atoms with E-state index in [1.165, 1.54) is 0 Å². The van der Waals surface area contributed by atoms with Crippen molar-refractivity contribution in [3.8, 4) is 0 Å². The molecule has 69 heavy (non-hydrogen) atoms. The van der Waals surface area contributed by atoms with Crippen LogP contribution < -0.4 is 20.4 Å². The molecule has 3 aliphatic rings. The molecule has 3 saturated heterocycles. The summed E-state index contributed by atoms with van der Waals surface area (Å²) in [6.07, 6.45) is 3.09. The van der Waals surface area contributed by atoms with E-state index in [1.807, 2.05) is 81.3 Å². The van der Waals surface area contributed by atoms with Crippen LogP contribution in [0, 0.1) is 0 Å². The van der Waals surface area contributed by atoms with Crippen LogP contribution in [0.2, 0.25) is 0 Å². The largest absolute Gasteiger partial charge is 0.369 e. The zero-order valence-corrected chi connectivity index (χ0v) is 42.7. The Balaban J connectivity index is 0.933. The summed E-state index contributed by atoms with van der Waals surface area (Å²) in [5, 5.41) is 6.80. The Morgan fingerprint density at radius 2 is 0.870 bits per heavy atom. The number of hydrogen-bond donors (Lipinski definition) is 2. The molecule has 12 heteroatoms. The summed E-state index contributed by atoms with van der Waals surface area (Å²) in [6, 6.07) is 32.7. The number of anilines is 2. The van der Waals surface area contributed by atoms with Crippen LogP contribution in [0.1, 0.15) is 102 Å². The summed E-state index contributed by atoms with van der Waals surface area (Å²) in [4.78, 5) is 69.3. The van der Waals surface area contributed by atoms with Crippen molar-refractivity contribution in [3.05, 3.63) is 130 Å². The normalized spacial score (nSPS) is 18.4. The molecule has 0 saturated carbocycles. The van der Waals surface area contributed by atoms with Gasteiger partial charge in [0, 0.05) is 101 Å². The Labute approximate surface area is 412 Å². The van der Waals surface area contributed by atoms with Crippen LogP contribution in [0.25, 0.3) is 0 Å². The number of likely N-dealkylation sites (N-methyl/N-ethyl adjacent to an activating group) is 2. The van der Waals surface area contributed by atoms with E-state index in [9.17, 15) is 19.2 Å². The molecule has 0 spiro atoms. The van der Waals surface area contributed by atoms with E-state index >= 15 is 0 Å². The quantitative estimate of drug-likeness (QED) is 0.0982. The molecular formula is C57H78N8O4. The average Bonchev–Trinajstić information content (AvgIpc) is 3.40. The first kappa shape index (κ1) is 51.5. The van der Waals surface area contributed by atoms with E-state index < -0.39 is 11.1 Å². The van der Waals surface area contributed by atoms with Crippen molar-refractivity contribution in [1.29, 1.82) is 0 Å². The second kappa shape index (κ2) is 23.0. The molecule has 4 aromatic carbocycles. The fraction of sp³-hybridized carbons (Fsp3) is 0.509. The fourth-order valence-corrected chi connectivity index (χ4v) is 10.9. The minimum Gasteiger partial charge on any atom is -0.369 e. The van der Waals surface area contributed by atoms with Gasteiger partial charge in [-0.2, -0.15) is 0 Å². The van der Waals surface area contributed by atoms with E-state index in [0.29, 0.717) is 58.3 Å². The fourth-order valence-electron chi connectivity index (χ4n) is 10.9. The van der Waals surface area contributed by atoms with Crippen molar-refractivity contribution >= 4 is 34.8 Å². The molecule has 0 bridgehead atoms. The van der Waals surface area contributed by atoms with E-state index in [4.69, 9.17) is 0 Å². The highest BCUT2D eigenvalue weighted by molar-refractivity contribution is 6.04. The summed E-state index contributed by atoms with van der Waals surface area (Å²) in [5.41, 5.74) is 6.30. The maximum Gasteiger partial charge on any atom is 0.230 e. The van der Waals surface area contributed by atoms with Gasteiger partial charge in [-0.15, -0.1) is 0 Å². The summed E-state index contributed by atoms with van der Waals surface area (Å²) in [5.74, 6) is -0.271. The van der Waals surface area contributed by atoms with Gasteiger partial charge in [0.25, 0.3) is 0 Å². The molecule has 4 aromatic rings. The van der Waals surface area contributed by atoms with Crippen molar-refractivity contribution in [2.75, 3.05) is 117 Å². The number of carbonyl (C=O) groups is 4. The number of benzene rings is 4. The van der Waals surface area contributed by atoms with Gasteiger partial charge in [0.15, 0.2) is 11.6 Å². The lowest BCUT2D eigenvalue weighted by Gasteiger charge is -2.38. The van der Waals surface area contributed by atoms with Gasteiger partial charge in [-0.3, -0.25) is 29.0 Å². The Morgan fingerprint density at radius 1 is 0.507 bits per heavy atom. The Kier molecular flexibility index (Phi) is 17.2. The standard InChI is InChI=1S/C57H78N8O4/c1-9-51(46-18-14-44(15-19-46)41-57(11-3,61(7)8)53(67)48-22-26-50(27-23-48)63-34-30-59-31-35-63)55(69)65-38-36-64(37-39-65)54(68)42(4)45-16-12-43(13-17-45)40-56(10-2,60(5)6)52(66)47-20-24-49(25-21-47)62-32-28-58-29-33-62/h12-27,42,51,58-59H,9-11,28-41H2,1-8H3. The SMILES string of the molecule is CCC(C(=O)N1CCN(C(=O)C(C)c2ccc(CC(CC)(C(=O)c3ccc(N4CCNCC4)cc3)N(C)C)cc2)CC1)c1ccc(CC(CC)(C(=O)c2ccc(N3CCNCC3)cc2)N(C)C)cc1. The average molecular weight is 939 g/mol. The molecule has 3 fully saturated rings. The van der Waals surface area contributed by atoms with E-state index in [1.54, 1.807) is 0 Å². The number of piperazine rings is 3. The van der Waals surface area contributed by atoms with Gasteiger partial charge < -0.3 is 30.2 Å². The first-order valence-corrected chi connectivity index (χ1v) is 25.6. The molecule has 7 rings (SSSR count). The molecule has 0 aromatic heterocycles. The Morgan fingerprint density at radius 3 is 1.22 bits per heavy atom. The summed E-state index contributed by atoms with van der Waals surface area (Å²) in [7, 11) is 7.96. The number of rotatable bonds is 19. The van der Waals surface area contributed by atoms with Crippen LogP contribution in [0.3, 0.4) is 0 Å². The predicted octanol–water partition coefficient (Wildman–Crippen LogP) is 6.75. The predicted molar refractivity (Wildman–Crippen MR) is 280 cm³/mol. The lowest BCUT2D eigenvalue weighted by molar-refractivity contribution is -0.141. The summed E-state index contributed by atoms with van der Waals surface area (Å²) >= 11 is 0. The van der Waals surface area contributed by atoms with Crippen molar-refractivity contribution in [2.45, 2.75) is 82.7 Å². The number of carbonyl (C=O) groups excluding carboxylic acids is 4. The molecule has 370 valence electrons. The van der Waals surface area contributed by atoms with E-state index in [-0.39, 0.29) is 35.2 Å². The Hall–Kier alpha value is -5.40. The maximum absolute atomic E-state index is 14.3. The van der Waals surface area contributed by atoms with Crippen LogP contribution in [0.5, 0.6) is 0 Å². The van der Waals surface area contributed by atoms with Crippen molar-refractivity contribution in [1.82, 2.24) is 30.2 Å². The van der Waals surface area contributed by atoms with Gasteiger partial charge in [0.1, 0.15) is 0 Å². The van der Waals surface area contributed by atoms with Crippen molar-refractivity contribution in [2.24, 2.45) is 0 Å². The van der Waals surface area contributed by atoms with Gasteiger partial charge in [0.2, 0.25) is 11.8 Å². The topological polar surface area (TPSA) is 112 Å². The maximum atomic E-state index is 14.3. The molecule has 12 nitrogen and oxygen atoms in total. The third kappa shape index (κ3) is 11.3. The minimum absolute atomic E-state index is 0.0553. The third-order valence-electron chi connectivity index (χ3n) is 15.8. The second-order valence-electron chi connectivity index (χ2n) is 20.0. The van der Waals surface area contributed by atoms with Gasteiger partial charge in [-0.25, -0.2) is 0 Å². The van der Waals surface area contributed by atoms with Crippen molar-refractivity contribution in [3.63, 3.8) is 0 Å². The molecule has 0 aliphatic carbocycles. The van der Waals surface area contributed by atoms with Crippen LogP contribution in [0.15, 0.2) is 97.1 Å². The highest BCUT2D eigenvalue weighted by Crippen LogP contribution is 2.33. The zero-order valence-electron chi connectivity index (χ0n) is 42.7. The number of ketones is 2. The highest BCUT2D eigenvalue weighted by Gasteiger charge is 2.41. The molecule has 4 unspecified atom stereocenters. The summed E-state index contributed by atoms with van der Waals surface area (Å²) < 4.78 is 0. The van der Waals surface area contributed by atoms with Crippen LogP contribution in [-0.4, -0.2) is 161 Å². The van der Waals surface area contributed by atoms with Crippen LogP contribution in [-0.2, 0) is 22.4 Å². The van der Waals surface area contributed by atoms with Crippen LogP contribution >= 0.6 is 0 Å². The molecular weight excluding hydrogens is 861 g/mol. The van der Waals surface area contributed by atoms with E-state index in [2.05, 4.69) is 112 Å². The molecule has 4 atom stereocenters. The number of nitrogens with zero attached hydrogens (tertiary/aromatic N) is 6. The second-order valence-corrected chi connectivity index (χ2v) is 20.0. The third-order valence-corrected chi connectivity index (χ3v) is 15.8. The molecule has 3 aliphatic heterocycles. The van der Waals surface area contributed by atoms with Crippen molar-refractivity contribution < 1.29 is 19.2 Å². The van der Waals surface area contributed by atoms with Gasteiger partial charge in [-0.05, 0) is 138 Å². The first-order valence-electron chi connectivity index (χ1n) is 25.6.